The molecule has 0 radical (unpaired) electrons. The van der Waals surface area contributed by atoms with E-state index in [-0.39, 0.29) is 21.7 Å². The van der Waals surface area contributed by atoms with Crippen LogP contribution in [0.5, 0.6) is 0 Å². The fraction of sp³-hybridized carbons (Fsp3) is 0.455. The smallest absolute Gasteiger partial charge is 0.0431 e. The Morgan fingerprint density at radius 2 is 1.62 bits per heavy atom. The Bertz CT molecular complexity index is 199. The second-order valence-electron chi connectivity index (χ2n) is 3.02. The number of aliphatic hydroxyl groups excluding tert-OH is 1. The molecule has 0 spiro atoms. The van der Waals surface area contributed by atoms with Crippen molar-refractivity contribution in [2.24, 2.45) is 0 Å². The Kier molecular flexibility index (Phi) is 8.42. The summed E-state index contributed by atoms with van der Waals surface area (Å²) < 4.78 is 0. The van der Waals surface area contributed by atoms with E-state index in [4.69, 9.17) is 5.11 Å². The van der Waals surface area contributed by atoms with Crippen LogP contribution < -0.4 is 0 Å². The predicted molar refractivity (Wildman–Crippen MR) is 51.1 cm³/mol. The molecule has 0 saturated heterocycles. The number of unbranched alkanes of at least 4 members (excludes halogenated alkanes) is 2. The summed E-state index contributed by atoms with van der Waals surface area (Å²) in [6, 6.07) is 10.5. The molecule has 0 atom stereocenters. The molecule has 1 rings (SSSR count). The monoisotopic (exact) mass is 212 g/mol. The first-order chi connectivity index (χ1) is 5.93. The quantitative estimate of drug-likeness (QED) is 0.586. The predicted octanol–water partition coefficient (Wildman–Crippen LogP) is 2.39. The summed E-state index contributed by atoms with van der Waals surface area (Å²) in [5.41, 5.74) is 1.40. The molecule has 0 fully saturated rings. The van der Waals surface area contributed by atoms with Crippen molar-refractivity contribution in [1.82, 2.24) is 0 Å². The molecule has 1 aromatic carbocycles. The Morgan fingerprint density at radius 1 is 0.923 bits per heavy atom. The minimum absolute atomic E-state index is 0. The van der Waals surface area contributed by atoms with Crippen LogP contribution in [-0.4, -0.2) is 11.7 Å². The molecule has 0 aromatic heterocycles. The van der Waals surface area contributed by atoms with Crippen molar-refractivity contribution in [2.75, 3.05) is 6.61 Å². The Hall–Kier alpha value is -0.106. The zero-order valence-corrected chi connectivity index (χ0v) is 9.43. The second-order valence-corrected chi connectivity index (χ2v) is 3.02. The maximum absolute atomic E-state index is 8.56. The molecule has 1 N–H and O–H groups in total. The summed E-state index contributed by atoms with van der Waals surface area (Å²) in [6.45, 7) is 0.328. The Labute approximate surface area is 95.1 Å². The number of hydrogen-bond donors (Lipinski definition) is 1. The van der Waals surface area contributed by atoms with Crippen molar-refractivity contribution in [3.8, 4) is 0 Å². The first kappa shape index (κ1) is 12.9. The average molecular weight is 212 g/mol. The van der Waals surface area contributed by atoms with Crippen LogP contribution in [0.2, 0.25) is 0 Å². The second kappa shape index (κ2) is 8.49. The van der Waals surface area contributed by atoms with E-state index in [2.05, 4.69) is 24.3 Å². The van der Waals surface area contributed by atoms with Crippen LogP contribution in [0.25, 0.3) is 0 Å². The molecule has 0 saturated carbocycles. The molecule has 0 aliphatic rings. The third-order valence-corrected chi connectivity index (χ3v) is 1.97. The van der Waals surface area contributed by atoms with Gasteiger partial charge >= 0.3 is 0 Å². The van der Waals surface area contributed by atoms with Crippen LogP contribution >= 0.6 is 0 Å². The minimum Gasteiger partial charge on any atom is -0.396 e. The first-order valence-corrected chi connectivity index (χ1v) is 4.58. The van der Waals surface area contributed by atoms with E-state index in [1.807, 2.05) is 6.07 Å². The summed E-state index contributed by atoms with van der Waals surface area (Å²) >= 11 is 0. The molecule has 0 heterocycles. The Balaban J connectivity index is 0.00000144. The third kappa shape index (κ3) is 6.03. The van der Waals surface area contributed by atoms with Crippen LogP contribution in [-0.2, 0) is 28.1 Å². The molecule has 13 heavy (non-hydrogen) atoms. The summed E-state index contributed by atoms with van der Waals surface area (Å²) in [6.07, 6.45) is 4.39. The summed E-state index contributed by atoms with van der Waals surface area (Å²) in [7, 11) is 0. The van der Waals surface area contributed by atoms with E-state index in [9.17, 15) is 0 Å². The average Bonchev–Trinajstić information content (AvgIpc) is 2.14. The van der Waals surface area contributed by atoms with Gasteiger partial charge in [-0.2, -0.15) is 0 Å². The molecular formula is C11H16OTi. The summed E-state index contributed by atoms with van der Waals surface area (Å²) in [5.74, 6) is 0. The summed E-state index contributed by atoms with van der Waals surface area (Å²) in [4.78, 5) is 0. The molecule has 0 unspecified atom stereocenters. The standard InChI is InChI=1S/C11H16O.Ti/c12-10-6-2-5-9-11-7-3-1-4-8-11;/h1,3-4,7-8,12H,2,5-6,9-10H2;. The van der Waals surface area contributed by atoms with Gasteiger partial charge in [0.1, 0.15) is 0 Å². The van der Waals surface area contributed by atoms with Gasteiger partial charge < -0.3 is 5.11 Å². The number of benzene rings is 1. The third-order valence-electron chi connectivity index (χ3n) is 1.97. The van der Waals surface area contributed by atoms with Crippen molar-refractivity contribution in [3.05, 3.63) is 35.9 Å². The molecule has 1 nitrogen and oxygen atoms in total. The van der Waals surface area contributed by atoms with Crippen molar-refractivity contribution >= 4 is 0 Å². The fourth-order valence-corrected chi connectivity index (χ4v) is 1.26. The Morgan fingerprint density at radius 3 is 2.23 bits per heavy atom. The molecule has 0 amide bonds. The molecule has 2 heteroatoms. The maximum atomic E-state index is 8.56. The molecule has 0 aliphatic carbocycles. The van der Waals surface area contributed by atoms with Crippen LogP contribution in [0, 0.1) is 0 Å². The van der Waals surface area contributed by atoms with Crippen LogP contribution in [0.15, 0.2) is 30.3 Å². The van der Waals surface area contributed by atoms with Gasteiger partial charge in [0.15, 0.2) is 0 Å². The van der Waals surface area contributed by atoms with Gasteiger partial charge in [-0.1, -0.05) is 36.8 Å². The van der Waals surface area contributed by atoms with Gasteiger partial charge in [-0.3, -0.25) is 0 Å². The van der Waals surface area contributed by atoms with Crippen LogP contribution in [0.3, 0.4) is 0 Å². The zero-order chi connectivity index (χ0) is 8.65. The number of hydrogen-bond acceptors (Lipinski definition) is 1. The largest absolute Gasteiger partial charge is 0.396 e. The SMILES string of the molecule is OCCCCCc1ccccc1.[Ti]. The molecule has 0 bridgehead atoms. The zero-order valence-electron chi connectivity index (χ0n) is 7.87. The molecule has 1 aromatic rings. The topological polar surface area (TPSA) is 20.2 Å². The molecule has 70 valence electrons. The van der Waals surface area contributed by atoms with Crippen molar-refractivity contribution in [2.45, 2.75) is 25.7 Å². The minimum atomic E-state index is 0. The van der Waals surface area contributed by atoms with Crippen LogP contribution in [0.1, 0.15) is 24.8 Å². The normalized spacial score (nSPS) is 9.31. The van der Waals surface area contributed by atoms with Crippen LogP contribution in [0.4, 0.5) is 0 Å². The van der Waals surface area contributed by atoms with Gasteiger partial charge in [0.2, 0.25) is 0 Å². The van der Waals surface area contributed by atoms with Gasteiger partial charge in [0, 0.05) is 28.3 Å². The van der Waals surface area contributed by atoms with Crippen molar-refractivity contribution in [1.29, 1.82) is 0 Å². The van der Waals surface area contributed by atoms with Gasteiger partial charge in [0.25, 0.3) is 0 Å². The first-order valence-electron chi connectivity index (χ1n) is 4.58. The van der Waals surface area contributed by atoms with E-state index in [0.717, 1.165) is 19.3 Å². The van der Waals surface area contributed by atoms with E-state index >= 15 is 0 Å². The number of aryl methyl sites for hydroxylation is 1. The number of rotatable bonds is 5. The van der Waals surface area contributed by atoms with Gasteiger partial charge in [-0.15, -0.1) is 0 Å². The fourth-order valence-electron chi connectivity index (χ4n) is 1.26. The van der Waals surface area contributed by atoms with Crippen molar-refractivity contribution < 1.29 is 26.8 Å². The number of aliphatic hydroxyl groups is 1. The van der Waals surface area contributed by atoms with E-state index in [1.165, 1.54) is 12.0 Å². The van der Waals surface area contributed by atoms with Gasteiger partial charge in [-0.05, 0) is 24.8 Å². The van der Waals surface area contributed by atoms with Gasteiger partial charge in [-0.25, -0.2) is 0 Å². The van der Waals surface area contributed by atoms with Crippen molar-refractivity contribution in [3.63, 3.8) is 0 Å². The van der Waals surface area contributed by atoms with Gasteiger partial charge in [0.05, 0.1) is 0 Å². The van der Waals surface area contributed by atoms with E-state index in [1.54, 1.807) is 0 Å². The molecular weight excluding hydrogens is 196 g/mol. The van der Waals surface area contributed by atoms with E-state index in [0.29, 0.717) is 6.61 Å². The summed E-state index contributed by atoms with van der Waals surface area (Å²) in [5, 5.41) is 8.56. The maximum Gasteiger partial charge on any atom is 0.0431 e. The molecule has 0 aliphatic heterocycles. The van der Waals surface area contributed by atoms with E-state index < -0.39 is 0 Å².